The quantitative estimate of drug-likeness (QED) is 0.282. The van der Waals surface area contributed by atoms with Crippen molar-refractivity contribution >= 4 is 46.2 Å². The minimum atomic E-state index is -1.03. The van der Waals surface area contributed by atoms with Gasteiger partial charge < -0.3 is 10.4 Å². The van der Waals surface area contributed by atoms with E-state index in [0.29, 0.717) is 22.6 Å². The number of hydrogen-bond acceptors (Lipinski definition) is 5. The van der Waals surface area contributed by atoms with Crippen molar-refractivity contribution in [2.24, 2.45) is 0 Å². The van der Waals surface area contributed by atoms with Gasteiger partial charge in [0.1, 0.15) is 5.82 Å². The Morgan fingerprint density at radius 3 is 2.74 bits per heavy atom. The minimum Gasteiger partial charge on any atom is -0.478 e. The largest absolute Gasteiger partial charge is 0.478 e. The van der Waals surface area contributed by atoms with Crippen LogP contribution in [0, 0.1) is 5.82 Å². The van der Waals surface area contributed by atoms with Gasteiger partial charge in [-0.15, -0.1) is 0 Å². The molecule has 7 nitrogen and oxygen atoms in total. The van der Waals surface area contributed by atoms with E-state index in [1.165, 1.54) is 18.2 Å². The fraction of sp³-hybridized carbons (Fsp3) is 0. The molecule has 3 aromatic carbocycles. The zero-order valence-corrected chi connectivity index (χ0v) is 18.8. The highest BCUT2D eigenvalue weighted by atomic mass is 35.5. The minimum absolute atomic E-state index is 0.0172. The molecule has 0 aliphatic heterocycles. The number of hydrogen-bond donors (Lipinski definition) is 2. The maximum atomic E-state index is 13.6. The fourth-order valence-corrected chi connectivity index (χ4v) is 3.75. The van der Waals surface area contributed by atoms with Gasteiger partial charge in [-0.05, 0) is 47.5 Å². The molecule has 0 aliphatic carbocycles. The molecule has 2 heterocycles. The first-order valence-electron chi connectivity index (χ1n) is 10.5. The van der Waals surface area contributed by atoms with Gasteiger partial charge in [0.2, 0.25) is 5.95 Å². The summed E-state index contributed by atoms with van der Waals surface area (Å²) < 4.78 is 15.2. The van der Waals surface area contributed by atoms with Crippen molar-refractivity contribution < 1.29 is 14.3 Å². The molecule has 0 amide bonds. The maximum absolute atomic E-state index is 13.6. The molecule has 0 unspecified atom stereocenters. The van der Waals surface area contributed by atoms with Gasteiger partial charge in [0.25, 0.3) is 0 Å². The number of halogens is 2. The first-order valence-corrected chi connectivity index (χ1v) is 10.9. The summed E-state index contributed by atoms with van der Waals surface area (Å²) in [5.74, 6) is -0.771. The molecule has 0 fully saturated rings. The van der Waals surface area contributed by atoms with Crippen LogP contribution in [0.1, 0.15) is 5.56 Å². The summed E-state index contributed by atoms with van der Waals surface area (Å²) in [5, 5.41) is 17.6. The van der Waals surface area contributed by atoms with E-state index < -0.39 is 11.8 Å². The van der Waals surface area contributed by atoms with Crippen LogP contribution in [0.15, 0.2) is 85.2 Å². The molecule has 0 atom stereocenters. The second kappa shape index (κ2) is 9.36. The third-order valence-corrected chi connectivity index (χ3v) is 5.48. The van der Waals surface area contributed by atoms with Crippen molar-refractivity contribution in [1.82, 2.24) is 19.7 Å². The van der Waals surface area contributed by atoms with E-state index in [1.54, 1.807) is 23.0 Å². The van der Waals surface area contributed by atoms with Crippen molar-refractivity contribution in [2.75, 3.05) is 5.32 Å². The lowest BCUT2D eigenvalue weighted by atomic mass is 10.0. The lowest BCUT2D eigenvalue weighted by Gasteiger charge is -2.12. The normalized spacial score (nSPS) is 11.3. The van der Waals surface area contributed by atoms with Crippen LogP contribution in [0.3, 0.4) is 0 Å². The number of carboxylic acids is 1. The molecule has 9 heteroatoms. The van der Waals surface area contributed by atoms with E-state index in [4.69, 9.17) is 21.7 Å². The van der Waals surface area contributed by atoms with Gasteiger partial charge in [0, 0.05) is 35.1 Å². The van der Waals surface area contributed by atoms with Crippen molar-refractivity contribution in [2.45, 2.75) is 0 Å². The van der Waals surface area contributed by atoms with Crippen LogP contribution >= 0.6 is 11.6 Å². The number of fused-ring (bicyclic) bond motifs is 1. The number of aliphatic carboxylic acids is 1. The number of carboxylic acid groups (broad SMARTS) is 1. The third kappa shape index (κ3) is 4.87. The second-order valence-electron chi connectivity index (χ2n) is 7.61. The van der Waals surface area contributed by atoms with Crippen LogP contribution in [0.4, 0.5) is 16.0 Å². The molecule has 5 aromatic rings. The van der Waals surface area contributed by atoms with Crippen LogP contribution in [0.5, 0.6) is 0 Å². The zero-order valence-electron chi connectivity index (χ0n) is 18.1. The number of nitrogens with one attached hydrogen (secondary N) is 1. The molecule has 0 saturated heterocycles. The molecular formula is C26H17ClFN5O2. The van der Waals surface area contributed by atoms with Gasteiger partial charge in [0.15, 0.2) is 5.82 Å². The Labute approximate surface area is 204 Å². The summed E-state index contributed by atoms with van der Waals surface area (Å²) in [6, 6.07) is 19.3. The molecule has 5 rings (SSSR count). The Bertz CT molecular complexity index is 1570. The number of aromatic nitrogens is 4. The Morgan fingerprint density at radius 1 is 1.09 bits per heavy atom. The number of nitrogens with zero attached hydrogens (tertiary/aromatic N) is 4. The van der Waals surface area contributed by atoms with Gasteiger partial charge in [-0.2, -0.15) is 10.1 Å². The van der Waals surface area contributed by atoms with E-state index in [1.807, 2.05) is 48.7 Å². The molecule has 2 aromatic heterocycles. The lowest BCUT2D eigenvalue weighted by molar-refractivity contribution is -0.131. The number of carbonyl (C=O) groups is 1. The summed E-state index contributed by atoms with van der Waals surface area (Å²) in [7, 11) is 0. The van der Waals surface area contributed by atoms with Crippen LogP contribution in [-0.4, -0.2) is 30.8 Å². The van der Waals surface area contributed by atoms with Gasteiger partial charge in [-0.25, -0.2) is 18.9 Å². The Morgan fingerprint density at radius 2 is 1.94 bits per heavy atom. The van der Waals surface area contributed by atoms with Gasteiger partial charge >= 0.3 is 5.97 Å². The van der Waals surface area contributed by atoms with Gasteiger partial charge in [-0.3, -0.25) is 0 Å². The fourth-order valence-electron chi connectivity index (χ4n) is 3.56. The molecular weight excluding hydrogens is 469 g/mol. The highest BCUT2D eigenvalue weighted by molar-refractivity contribution is 6.31. The molecule has 0 spiro atoms. The highest BCUT2D eigenvalue weighted by Gasteiger charge is 2.14. The molecule has 172 valence electrons. The van der Waals surface area contributed by atoms with Crippen LogP contribution < -0.4 is 5.32 Å². The molecule has 35 heavy (non-hydrogen) atoms. The third-order valence-electron chi connectivity index (χ3n) is 5.19. The summed E-state index contributed by atoms with van der Waals surface area (Å²) in [6.45, 7) is 0. The monoisotopic (exact) mass is 485 g/mol. The molecule has 2 N–H and O–H groups in total. The molecule has 0 aliphatic rings. The van der Waals surface area contributed by atoms with Crippen LogP contribution in [0.25, 0.3) is 33.9 Å². The standard InChI is InChI=1S/C26H17ClFN5O2/c27-21-13-19(9-10-22(21)28)30-26-29-14-20(17-6-3-4-16(12-17)8-11-24(34)35)25(31-26)33-15-18-5-1-2-7-23(18)32-33/h1-15H,(H,34,35)(H,29,30,31)/b11-8+. The average Bonchev–Trinajstić information content (AvgIpc) is 3.29. The number of benzene rings is 3. The van der Waals surface area contributed by atoms with E-state index in [0.717, 1.165) is 22.5 Å². The van der Waals surface area contributed by atoms with E-state index in [9.17, 15) is 9.18 Å². The average molecular weight is 486 g/mol. The predicted octanol–water partition coefficient (Wildman–Crippen LogP) is 6.12. The molecule has 0 saturated carbocycles. The maximum Gasteiger partial charge on any atom is 0.328 e. The second-order valence-corrected chi connectivity index (χ2v) is 8.02. The summed E-state index contributed by atoms with van der Waals surface area (Å²) in [4.78, 5) is 20.1. The van der Waals surface area contributed by atoms with Gasteiger partial charge in [-0.1, -0.05) is 48.0 Å². The Hall–Kier alpha value is -4.56. The Balaban J connectivity index is 1.61. The highest BCUT2D eigenvalue weighted by Crippen LogP contribution is 2.29. The van der Waals surface area contributed by atoms with E-state index >= 15 is 0 Å². The SMILES string of the molecule is O=C(O)/C=C/c1cccc(-c2cnc(Nc3ccc(F)c(Cl)c3)nc2-n2cc3ccccc3n2)c1. The Kier molecular flexibility index (Phi) is 5.95. The number of anilines is 2. The van der Waals surface area contributed by atoms with Gasteiger partial charge in [0.05, 0.1) is 10.5 Å². The lowest BCUT2D eigenvalue weighted by Crippen LogP contribution is -2.06. The van der Waals surface area contributed by atoms with Crippen molar-refractivity contribution in [3.8, 4) is 16.9 Å². The molecule has 0 bridgehead atoms. The van der Waals surface area contributed by atoms with Crippen molar-refractivity contribution in [3.05, 3.63) is 102 Å². The topological polar surface area (TPSA) is 92.9 Å². The summed E-state index contributed by atoms with van der Waals surface area (Å²) in [6.07, 6.45) is 6.12. The smallest absolute Gasteiger partial charge is 0.328 e. The van der Waals surface area contributed by atoms with Crippen molar-refractivity contribution in [1.29, 1.82) is 0 Å². The summed E-state index contributed by atoms with van der Waals surface area (Å²) in [5.41, 5.74) is 3.51. The summed E-state index contributed by atoms with van der Waals surface area (Å²) >= 11 is 5.91. The van der Waals surface area contributed by atoms with Crippen LogP contribution in [0.2, 0.25) is 5.02 Å². The van der Waals surface area contributed by atoms with Crippen LogP contribution in [-0.2, 0) is 4.79 Å². The number of rotatable bonds is 6. The first-order chi connectivity index (χ1) is 17.0. The van der Waals surface area contributed by atoms with Crippen molar-refractivity contribution in [3.63, 3.8) is 0 Å². The van der Waals surface area contributed by atoms with E-state index in [2.05, 4.69) is 15.4 Å². The first kappa shape index (κ1) is 22.2. The zero-order chi connectivity index (χ0) is 24.4. The van der Waals surface area contributed by atoms with E-state index in [-0.39, 0.29) is 11.0 Å². The predicted molar refractivity (Wildman–Crippen MR) is 133 cm³/mol. The molecule has 0 radical (unpaired) electrons.